The van der Waals surface area contributed by atoms with Gasteiger partial charge in [-0.3, -0.25) is 4.79 Å². The number of fused-ring (bicyclic) bond motifs is 1. The number of allylic oxidation sites excluding steroid dienone is 2. The number of carbonyl (C=O) groups excluding carboxylic acids is 1. The molecule has 0 aromatic carbocycles. The molecule has 2 aliphatic heterocycles. The molecule has 0 bridgehead atoms. The lowest BCUT2D eigenvalue weighted by Gasteiger charge is -2.45. The Morgan fingerprint density at radius 2 is 1.63 bits per heavy atom. The summed E-state index contributed by atoms with van der Waals surface area (Å²) < 4.78 is 12.2. The molecule has 0 radical (unpaired) electrons. The summed E-state index contributed by atoms with van der Waals surface area (Å²) in [6, 6.07) is 0. The Labute approximate surface area is 164 Å². The summed E-state index contributed by atoms with van der Waals surface area (Å²) in [5.74, 6) is 0.764. The molecule has 3 nitrogen and oxygen atoms in total. The van der Waals surface area contributed by atoms with E-state index >= 15 is 0 Å². The van der Waals surface area contributed by atoms with Crippen LogP contribution in [0.2, 0.25) is 0 Å². The minimum Gasteiger partial charge on any atom is -0.431 e. The fourth-order valence-electron chi connectivity index (χ4n) is 5.52. The molecule has 3 rings (SSSR count). The third-order valence-corrected chi connectivity index (χ3v) is 6.48. The average Bonchev–Trinajstić information content (AvgIpc) is 2.93. The summed E-state index contributed by atoms with van der Waals surface area (Å²) in [6.45, 7) is 25.9. The fourth-order valence-corrected chi connectivity index (χ4v) is 5.52. The number of ether oxygens (including phenoxy) is 2. The van der Waals surface area contributed by atoms with Crippen molar-refractivity contribution in [1.29, 1.82) is 0 Å². The van der Waals surface area contributed by atoms with Crippen LogP contribution < -0.4 is 0 Å². The van der Waals surface area contributed by atoms with Gasteiger partial charge in [-0.15, -0.1) is 0 Å². The van der Waals surface area contributed by atoms with Gasteiger partial charge in [0.2, 0.25) is 0 Å². The van der Waals surface area contributed by atoms with E-state index in [0.717, 1.165) is 19.3 Å². The lowest BCUT2D eigenvalue weighted by Crippen LogP contribution is -2.47. The SMILES string of the molecule is C=C1CC(=C)C2C(CC(C)(C)C)OC(C3C(=O)OC(=C)C3C(C)(C)C)CC12. The lowest BCUT2D eigenvalue weighted by atomic mass is 9.68. The highest BCUT2D eigenvalue weighted by molar-refractivity contribution is 5.78. The van der Waals surface area contributed by atoms with E-state index in [4.69, 9.17) is 9.47 Å². The zero-order chi connectivity index (χ0) is 20.3. The second-order valence-electron chi connectivity index (χ2n) is 11.1. The van der Waals surface area contributed by atoms with E-state index in [1.165, 1.54) is 11.1 Å². The molecule has 2 heterocycles. The molecule has 1 aliphatic carbocycles. The molecule has 27 heavy (non-hydrogen) atoms. The highest BCUT2D eigenvalue weighted by atomic mass is 16.6. The van der Waals surface area contributed by atoms with Gasteiger partial charge in [0.05, 0.1) is 18.1 Å². The molecule has 6 unspecified atom stereocenters. The van der Waals surface area contributed by atoms with Crippen LogP contribution in [0, 0.1) is 34.5 Å². The summed E-state index contributed by atoms with van der Waals surface area (Å²) >= 11 is 0. The van der Waals surface area contributed by atoms with Crippen LogP contribution in [0.1, 0.15) is 60.8 Å². The molecule has 150 valence electrons. The Kier molecular flexibility index (Phi) is 5.00. The van der Waals surface area contributed by atoms with Crippen LogP contribution in [-0.4, -0.2) is 18.2 Å². The Morgan fingerprint density at radius 3 is 2.19 bits per heavy atom. The van der Waals surface area contributed by atoms with Crippen molar-refractivity contribution in [3.63, 3.8) is 0 Å². The highest BCUT2D eigenvalue weighted by Crippen LogP contribution is 2.54. The molecule has 2 saturated heterocycles. The first kappa shape index (κ1) is 20.4. The minimum atomic E-state index is -0.289. The Bertz CT molecular complexity index is 673. The van der Waals surface area contributed by atoms with E-state index in [9.17, 15) is 4.79 Å². The molecular formula is C24H36O3. The summed E-state index contributed by atoms with van der Waals surface area (Å²) in [4.78, 5) is 12.8. The van der Waals surface area contributed by atoms with Gasteiger partial charge < -0.3 is 9.47 Å². The molecule has 6 atom stereocenters. The third kappa shape index (κ3) is 3.81. The summed E-state index contributed by atoms with van der Waals surface area (Å²) in [7, 11) is 0. The Hall–Kier alpha value is -1.35. The van der Waals surface area contributed by atoms with Gasteiger partial charge in [-0.1, -0.05) is 72.4 Å². The normalized spacial score (nSPS) is 37.6. The van der Waals surface area contributed by atoms with Gasteiger partial charge in [0.25, 0.3) is 0 Å². The monoisotopic (exact) mass is 372 g/mol. The molecule has 3 heteroatoms. The van der Waals surface area contributed by atoms with Crippen LogP contribution in [0.25, 0.3) is 0 Å². The number of hydrogen-bond donors (Lipinski definition) is 0. The Balaban J connectivity index is 1.94. The first-order valence-corrected chi connectivity index (χ1v) is 10.2. The largest absolute Gasteiger partial charge is 0.431 e. The maximum absolute atomic E-state index is 12.8. The number of rotatable bonds is 2. The number of hydrogen-bond acceptors (Lipinski definition) is 3. The van der Waals surface area contributed by atoms with E-state index in [2.05, 4.69) is 61.3 Å². The van der Waals surface area contributed by atoms with E-state index in [-0.39, 0.29) is 40.8 Å². The van der Waals surface area contributed by atoms with Crippen molar-refractivity contribution in [2.75, 3.05) is 0 Å². The van der Waals surface area contributed by atoms with Crippen molar-refractivity contribution in [2.24, 2.45) is 34.5 Å². The fraction of sp³-hybridized carbons (Fsp3) is 0.708. The molecule has 0 spiro atoms. The molecule has 3 aliphatic rings. The smallest absolute Gasteiger partial charge is 0.317 e. The highest BCUT2D eigenvalue weighted by Gasteiger charge is 2.55. The van der Waals surface area contributed by atoms with Gasteiger partial charge >= 0.3 is 5.97 Å². The second-order valence-corrected chi connectivity index (χ2v) is 11.1. The van der Waals surface area contributed by atoms with Crippen molar-refractivity contribution in [3.05, 3.63) is 36.6 Å². The first-order chi connectivity index (χ1) is 12.3. The van der Waals surface area contributed by atoms with Crippen LogP contribution >= 0.6 is 0 Å². The average molecular weight is 373 g/mol. The molecular weight excluding hydrogens is 336 g/mol. The topological polar surface area (TPSA) is 35.5 Å². The van der Waals surface area contributed by atoms with Crippen LogP contribution in [0.5, 0.6) is 0 Å². The van der Waals surface area contributed by atoms with Gasteiger partial charge in [0, 0.05) is 11.8 Å². The van der Waals surface area contributed by atoms with E-state index in [1.807, 2.05) is 0 Å². The van der Waals surface area contributed by atoms with Gasteiger partial charge in [-0.2, -0.15) is 0 Å². The third-order valence-electron chi connectivity index (χ3n) is 6.48. The van der Waals surface area contributed by atoms with Crippen LogP contribution in [0.3, 0.4) is 0 Å². The molecule has 0 amide bonds. The van der Waals surface area contributed by atoms with E-state index < -0.39 is 0 Å². The van der Waals surface area contributed by atoms with Crippen LogP contribution in [-0.2, 0) is 14.3 Å². The van der Waals surface area contributed by atoms with Crippen molar-refractivity contribution in [1.82, 2.24) is 0 Å². The molecule has 3 fully saturated rings. The standard InChI is InChI=1S/C24H36O3/c1-13-10-14(2)19-16(13)11-17(27-18(19)12-23(4,5)6)20-21(24(7,8)9)15(3)26-22(20)25/h16-21H,1-3,10-12H2,4-9H3. The summed E-state index contributed by atoms with van der Waals surface area (Å²) in [5.41, 5.74) is 2.52. The van der Waals surface area contributed by atoms with Crippen molar-refractivity contribution in [3.8, 4) is 0 Å². The predicted molar refractivity (Wildman–Crippen MR) is 109 cm³/mol. The molecule has 0 N–H and O–H groups in total. The molecule has 0 aromatic heterocycles. The van der Waals surface area contributed by atoms with Crippen molar-refractivity contribution in [2.45, 2.75) is 73.0 Å². The van der Waals surface area contributed by atoms with E-state index in [1.54, 1.807) is 0 Å². The maximum Gasteiger partial charge on any atom is 0.317 e. The van der Waals surface area contributed by atoms with Gasteiger partial charge in [-0.25, -0.2) is 0 Å². The summed E-state index contributed by atoms with van der Waals surface area (Å²) in [5, 5.41) is 0. The zero-order valence-corrected chi connectivity index (χ0v) is 17.9. The maximum atomic E-state index is 12.8. The Morgan fingerprint density at radius 1 is 1.00 bits per heavy atom. The number of carbonyl (C=O) groups is 1. The lowest BCUT2D eigenvalue weighted by molar-refractivity contribution is -0.158. The molecule has 1 saturated carbocycles. The van der Waals surface area contributed by atoms with Crippen LogP contribution in [0.4, 0.5) is 0 Å². The first-order valence-electron chi connectivity index (χ1n) is 10.2. The van der Waals surface area contributed by atoms with Crippen molar-refractivity contribution >= 4 is 5.97 Å². The second kappa shape index (κ2) is 6.62. The minimum absolute atomic E-state index is 0.0280. The number of esters is 1. The van der Waals surface area contributed by atoms with Gasteiger partial charge in [0.15, 0.2) is 0 Å². The van der Waals surface area contributed by atoms with Gasteiger partial charge in [-0.05, 0) is 36.0 Å². The van der Waals surface area contributed by atoms with Crippen LogP contribution in [0.15, 0.2) is 36.6 Å². The predicted octanol–water partition coefficient (Wildman–Crippen LogP) is 5.68. The zero-order valence-electron chi connectivity index (χ0n) is 17.9. The van der Waals surface area contributed by atoms with E-state index in [0.29, 0.717) is 17.6 Å². The number of cyclic esters (lactones) is 1. The summed E-state index contributed by atoms with van der Waals surface area (Å²) in [6.07, 6.45) is 2.57. The van der Waals surface area contributed by atoms with Crippen molar-refractivity contribution < 1.29 is 14.3 Å². The molecule has 0 aromatic rings. The quantitative estimate of drug-likeness (QED) is 0.462. The van der Waals surface area contributed by atoms with Gasteiger partial charge in [0.1, 0.15) is 5.76 Å².